The Morgan fingerprint density at radius 1 is 1.30 bits per heavy atom. The van der Waals surface area contributed by atoms with Crippen molar-refractivity contribution in [1.29, 1.82) is 0 Å². The van der Waals surface area contributed by atoms with E-state index in [1.54, 1.807) is 6.08 Å². The molecule has 0 rings (SSSR count). The molecule has 0 spiro atoms. The molecule has 0 radical (unpaired) electrons. The lowest BCUT2D eigenvalue weighted by Crippen LogP contribution is -2.09. The number of hydrogen-bond donors (Lipinski definition) is 3. The molecule has 0 bridgehead atoms. The first-order valence-electron chi connectivity index (χ1n) is 3.22. The maximum Gasteiger partial charge on any atom is 0.0936 e. The van der Waals surface area contributed by atoms with Gasteiger partial charge in [-0.3, -0.25) is 0 Å². The van der Waals surface area contributed by atoms with Gasteiger partial charge in [0.15, 0.2) is 0 Å². The Morgan fingerprint density at radius 3 is 1.90 bits per heavy atom. The minimum Gasteiger partial charge on any atom is -0.404 e. The van der Waals surface area contributed by atoms with Crippen LogP contribution in [0.15, 0.2) is 23.7 Å². The zero-order chi connectivity index (χ0) is 8.15. The summed E-state index contributed by atoms with van der Waals surface area (Å²) in [5.41, 5.74) is 16.8. The quantitative estimate of drug-likeness (QED) is 0.482. The topological polar surface area (TPSA) is 78.1 Å². The molecule has 0 fully saturated rings. The largest absolute Gasteiger partial charge is 0.404 e. The molecule has 0 aliphatic rings. The standard InChI is InChI=1S/C7H15N3/c1-5(2)6(4-8)3-7(9)10/h3-5H,8-10H2,1-2H3/b6-4+. The SMILES string of the molecule is CC(C)/C(C=C(N)N)=C/N. The van der Waals surface area contributed by atoms with Crippen LogP contribution in [0.3, 0.4) is 0 Å². The van der Waals surface area contributed by atoms with E-state index >= 15 is 0 Å². The van der Waals surface area contributed by atoms with E-state index in [-0.39, 0.29) is 0 Å². The van der Waals surface area contributed by atoms with Crippen molar-refractivity contribution < 1.29 is 0 Å². The van der Waals surface area contributed by atoms with Crippen LogP contribution < -0.4 is 17.2 Å². The predicted octanol–water partition coefficient (Wildman–Crippen LogP) is 0.244. The van der Waals surface area contributed by atoms with Crippen molar-refractivity contribution in [3.63, 3.8) is 0 Å². The summed E-state index contributed by atoms with van der Waals surface area (Å²) in [6.45, 7) is 4.05. The van der Waals surface area contributed by atoms with Crippen LogP contribution in [0.2, 0.25) is 0 Å². The zero-order valence-electron chi connectivity index (χ0n) is 6.46. The number of rotatable bonds is 2. The van der Waals surface area contributed by atoms with Crippen molar-refractivity contribution in [3.8, 4) is 0 Å². The second kappa shape index (κ2) is 3.82. The lowest BCUT2D eigenvalue weighted by Gasteiger charge is -2.04. The Balaban J connectivity index is 4.26. The van der Waals surface area contributed by atoms with Crippen molar-refractivity contribution in [2.45, 2.75) is 13.8 Å². The van der Waals surface area contributed by atoms with Crippen LogP contribution >= 0.6 is 0 Å². The molecule has 0 aromatic rings. The summed E-state index contributed by atoms with van der Waals surface area (Å²) >= 11 is 0. The van der Waals surface area contributed by atoms with E-state index in [0.717, 1.165) is 5.57 Å². The summed E-state index contributed by atoms with van der Waals surface area (Å²) in [6, 6.07) is 0. The van der Waals surface area contributed by atoms with Crippen LogP contribution in [0.4, 0.5) is 0 Å². The predicted molar refractivity (Wildman–Crippen MR) is 43.6 cm³/mol. The van der Waals surface area contributed by atoms with Gasteiger partial charge in [-0.1, -0.05) is 13.8 Å². The molecule has 3 heteroatoms. The molecule has 0 saturated carbocycles. The molecule has 6 N–H and O–H groups in total. The fraction of sp³-hybridized carbons (Fsp3) is 0.429. The van der Waals surface area contributed by atoms with Gasteiger partial charge < -0.3 is 17.2 Å². The van der Waals surface area contributed by atoms with Crippen molar-refractivity contribution >= 4 is 0 Å². The summed E-state index contributed by atoms with van der Waals surface area (Å²) in [5, 5.41) is 0. The van der Waals surface area contributed by atoms with Crippen LogP contribution in [0.5, 0.6) is 0 Å². The number of nitrogens with two attached hydrogens (primary N) is 3. The van der Waals surface area contributed by atoms with Gasteiger partial charge in [0.1, 0.15) is 0 Å². The normalized spacial score (nSPS) is 11.7. The maximum absolute atomic E-state index is 5.30. The van der Waals surface area contributed by atoms with Crippen LogP contribution in [-0.2, 0) is 0 Å². The molecule has 3 nitrogen and oxygen atoms in total. The van der Waals surface area contributed by atoms with E-state index in [2.05, 4.69) is 0 Å². The van der Waals surface area contributed by atoms with Gasteiger partial charge in [-0.05, 0) is 23.8 Å². The van der Waals surface area contributed by atoms with Crippen LogP contribution in [0.1, 0.15) is 13.8 Å². The number of allylic oxidation sites excluding steroid dienone is 2. The molecule has 10 heavy (non-hydrogen) atoms. The van der Waals surface area contributed by atoms with Crippen molar-refractivity contribution in [2.75, 3.05) is 0 Å². The summed E-state index contributed by atoms with van der Waals surface area (Å²) in [7, 11) is 0. The van der Waals surface area contributed by atoms with E-state index in [1.807, 2.05) is 13.8 Å². The smallest absolute Gasteiger partial charge is 0.0936 e. The van der Waals surface area contributed by atoms with Gasteiger partial charge >= 0.3 is 0 Å². The number of hydrogen-bond acceptors (Lipinski definition) is 3. The molecule has 0 amide bonds. The molecule has 0 saturated heterocycles. The van der Waals surface area contributed by atoms with Gasteiger partial charge in [0, 0.05) is 0 Å². The Hall–Kier alpha value is -1.12. The minimum atomic E-state index is 0.297. The molecule has 0 aromatic carbocycles. The van der Waals surface area contributed by atoms with E-state index in [1.165, 1.54) is 6.20 Å². The lowest BCUT2D eigenvalue weighted by molar-refractivity contribution is 0.785. The van der Waals surface area contributed by atoms with Gasteiger partial charge in [-0.2, -0.15) is 0 Å². The van der Waals surface area contributed by atoms with Gasteiger partial charge in [-0.25, -0.2) is 0 Å². The summed E-state index contributed by atoms with van der Waals surface area (Å²) < 4.78 is 0. The van der Waals surface area contributed by atoms with Gasteiger partial charge in [0.05, 0.1) is 5.82 Å². The fourth-order valence-corrected chi connectivity index (χ4v) is 0.600. The first kappa shape index (κ1) is 8.88. The monoisotopic (exact) mass is 141 g/mol. The molecular weight excluding hydrogens is 126 g/mol. The van der Waals surface area contributed by atoms with Crippen molar-refractivity contribution in [1.82, 2.24) is 0 Å². The average molecular weight is 141 g/mol. The highest BCUT2D eigenvalue weighted by atomic mass is 14.8. The second-order valence-electron chi connectivity index (χ2n) is 2.47. The molecule has 0 aliphatic heterocycles. The first-order valence-corrected chi connectivity index (χ1v) is 3.22. The van der Waals surface area contributed by atoms with Crippen molar-refractivity contribution in [3.05, 3.63) is 23.7 Å². The molecule has 0 heterocycles. The maximum atomic E-state index is 5.30. The van der Waals surface area contributed by atoms with E-state index in [0.29, 0.717) is 11.7 Å². The third-order valence-electron chi connectivity index (χ3n) is 1.19. The third-order valence-corrected chi connectivity index (χ3v) is 1.19. The molecule has 58 valence electrons. The average Bonchev–Trinajstić information content (AvgIpc) is 1.81. The van der Waals surface area contributed by atoms with E-state index in [4.69, 9.17) is 17.2 Å². The van der Waals surface area contributed by atoms with Crippen LogP contribution in [0, 0.1) is 5.92 Å². The first-order chi connectivity index (χ1) is 4.57. The van der Waals surface area contributed by atoms with Crippen LogP contribution in [-0.4, -0.2) is 0 Å². The lowest BCUT2D eigenvalue weighted by atomic mass is 10.0. The van der Waals surface area contributed by atoms with Crippen LogP contribution in [0.25, 0.3) is 0 Å². The Morgan fingerprint density at radius 2 is 1.80 bits per heavy atom. The van der Waals surface area contributed by atoms with E-state index in [9.17, 15) is 0 Å². The highest BCUT2D eigenvalue weighted by Crippen LogP contribution is 2.08. The van der Waals surface area contributed by atoms with Gasteiger partial charge in [0.25, 0.3) is 0 Å². The molecule has 0 aliphatic carbocycles. The molecular formula is C7H15N3. The summed E-state index contributed by atoms with van der Waals surface area (Å²) in [4.78, 5) is 0. The Labute approximate surface area is 61.6 Å². The summed E-state index contributed by atoms with van der Waals surface area (Å²) in [6.07, 6.45) is 3.19. The fourth-order valence-electron chi connectivity index (χ4n) is 0.600. The zero-order valence-corrected chi connectivity index (χ0v) is 6.46. The Bertz CT molecular complexity index is 152. The second-order valence-corrected chi connectivity index (χ2v) is 2.47. The highest BCUT2D eigenvalue weighted by molar-refractivity contribution is 5.21. The minimum absolute atomic E-state index is 0.297. The Kier molecular flexibility index (Phi) is 3.39. The van der Waals surface area contributed by atoms with E-state index < -0.39 is 0 Å². The molecule has 0 aromatic heterocycles. The molecule has 0 unspecified atom stereocenters. The highest BCUT2D eigenvalue weighted by Gasteiger charge is 1.97. The van der Waals surface area contributed by atoms with Gasteiger partial charge in [-0.15, -0.1) is 0 Å². The molecule has 0 atom stereocenters. The van der Waals surface area contributed by atoms with Gasteiger partial charge in [0.2, 0.25) is 0 Å². The third kappa shape index (κ3) is 3.02. The summed E-state index contributed by atoms with van der Waals surface area (Å²) in [5.74, 6) is 0.664. The van der Waals surface area contributed by atoms with Crippen molar-refractivity contribution in [2.24, 2.45) is 23.1 Å².